The van der Waals surface area contributed by atoms with E-state index in [-0.39, 0.29) is 11.8 Å². The first-order valence-electron chi connectivity index (χ1n) is 12.7. The summed E-state index contributed by atoms with van der Waals surface area (Å²) in [6, 6.07) is 15.3. The molecular weight excluding hydrogens is 424 g/mol. The number of nitrogens with zero attached hydrogens (tertiary/aromatic N) is 2. The molecule has 2 aliphatic rings. The van der Waals surface area contributed by atoms with Gasteiger partial charge in [0.15, 0.2) is 0 Å². The lowest BCUT2D eigenvalue weighted by Gasteiger charge is -2.37. The third-order valence-corrected chi connectivity index (χ3v) is 7.09. The van der Waals surface area contributed by atoms with E-state index in [4.69, 9.17) is 0 Å². The van der Waals surface area contributed by atoms with E-state index in [2.05, 4.69) is 20.4 Å². The van der Waals surface area contributed by atoms with Gasteiger partial charge in [-0.05, 0) is 43.4 Å². The van der Waals surface area contributed by atoms with Crippen LogP contribution in [0.1, 0.15) is 53.6 Å². The smallest absolute Gasteiger partial charge is 0.253 e. The van der Waals surface area contributed by atoms with E-state index in [1.165, 1.54) is 44.2 Å². The van der Waals surface area contributed by atoms with Crippen molar-refractivity contribution >= 4 is 17.5 Å². The topological polar surface area (TPSA) is 64.7 Å². The first kappa shape index (κ1) is 24.4. The Bertz CT molecular complexity index is 945. The van der Waals surface area contributed by atoms with Crippen LogP contribution in [0.25, 0.3) is 0 Å². The van der Waals surface area contributed by atoms with Crippen molar-refractivity contribution in [2.75, 3.05) is 44.6 Å². The van der Waals surface area contributed by atoms with Crippen molar-refractivity contribution in [2.24, 2.45) is 5.92 Å². The van der Waals surface area contributed by atoms with E-state index < -0.39 is 0 Å². The fraction of sp³-hybridized carbons (Fsp3) is 0.500. The van der Waals surface area contributed by atoms with Crippen LogP contribution in [-0.4, -0.2) is 60.9 Å². The minimum Gasteiger partial charge on any atom is -0.348 e. The molecule has 34 heavy (non-hydrogen) atoms. The highest BCUT2D eigenvalue weighted by Crippen LogP contribution is 2.24. The van der Waals surface area contributed by atoms with Gasteiger partial charge in [0.05, 0.1) is 17.8 Å². The summed E-state index contributed by atoms with van der Waals surface area (Å²) in [4.78, 5) is 30.3. The summed E-state index contributed by atoms with van der Waals surface area (Å²) in [6.45, 7) is 7.95. The lowest BCUT2D eigenvalue weighted by Crippen LogP contribution is -2.49. The Morgan fingerprint density at radius 3 is 2.29 bits per heavy atom. The Hall–Kier alpha value is -2.70. The first-order chi connectivity index (χ1) is 16.6. The summed E-state index contributed by atoms with van der Waals surface area (Å²) in [5, 5.41) is 5.93. The summed E-state index contributed by atoms with van der Waals surface area (Å²) in [7, 11) is 0. The highest BCUT2D eigenvalue weighted by atomic mass is 16.2. The van der Waals surface area contributed by atoms with Gasteiger partial charge in [-0.3, -0.25) is 14.5 Å². The Kier molecular flexibility index (Phi) is 8.72. The molecule has 1 heterocycles. The molecule has 1 saturated carbocycles. The molecule has 1 aliphatic heterocycles. The largest absolute Gasteiger partial charge is 0.348 e. The normalized spacial score (nSPS) is 17.9. The van der Waals surface area contributed by atoms with E-state index in [0.717, 1.165) is 37.7 Å². The Balaban J connectivity index is 1.24. The van der Waals surface area contributed by atoms with Gasteiger partial charge in [0.1, 0.15) is 0 Å². The lowest BCUT2D eigenvalue weighted by atomic mass is 9.89. The number of nitrogens with one attached hydrogen (secondary N) is 2. The van der Waals surface area contributed by atoms with Crippen molar-refractivity contribution in [1.29, 1.82) is 0 Å². The van der Waals surface area contributed by atoms with Crippen LogP contribution in [0.15, 0.2) is 48.5 Å². The predicted molar refractivity (Wildman–Crippen MR) is 137 cm³/mol. The Labute approximate surface area is 203 Å². The van der Waals surface area contributed by atoms with Gasteiger partial charge in [-0.15, -0.1) is 0 Å². The molecule has 2 aromatic rings. The van der Waals surface area contributed by atoms with Gasteiger partial charge in [-0.2, -0.15) is 0 Å². The van der Waals surface area contributed by atoms with Crippen molar-refractivity contribution < 1.29 is 9.59 Å². The van der Waals surface area contributed by atoms with Crippen LogP contribution in [0.2, 0.25) is 0 Å². The van der Waals surface area contributed by atoms with E-state index in [1.807, 2.05) is 43.3 Å². The molecule has 1 aliphatic carbocycles. The summed E-state index contributed by atoms with van der Waals surface area (Å²) in [5.41, 5.74) is 3.28. The van der Waals surface area contributed by atoms with Gasteiger partial charge in [0.25, 0.3) is 5.91 Å². The van der Waals surface area contributed by atoms with Gasteiger partial charge in [0, 0.05) is 39.3 Å². The van der Waals surface area contributed by atoms with Crippen LogP contribution in [0.5, 0.6) is 0 Å². The average molecular weight is 463 g/mol. The zero-order valence-electron chi connectivity index (χ0n) is 20.4. The second-order valence-electron chi connectivity index (χ2n) is 9.84. The Morgan fingerprint density at radius 1 is 0.882 bits per heavy atom. The molecule has 0 spiro atoms. The molecule has 2 N–H and O–H groups in total. The van der Waals surface area contributed by atoms with Gasteiger partial charge in [0.2, 0.25) is 5.91 Å². The maximum Gasteiger partial charge on any atom is 0.253 e. The molecule has 0 bridgehead atoms. The number of hydrogen-bond donors (Lipinski definition) is 2. The van der Waals surface area contributed by atoms with Gasteiger partial charge in [-0.1, -0.05) is 61.2 Å². The highest BCUT2D eigenvalue weighted by Gasteiger charge is 2.23. The summed E-state index contributed by atoms with van der Waals surface area (Å²) >= 11 is 0. The molecule has 0 radical (unpaired) electrons. The highest BCUT2D eigenvalue weighted by molar-refractivity contribution is 6.04. The van der Waals surface area contributed by atoms with E-state index >= 15 is 0 Å². The van der Waals surface area contributed by atoms with Crippen LogP contribution in [0.4, 0.5) is 5.69 Å². The van der Waals surface area contributed by atoms with E-state index in [9.17, 15) is 9.59 Å². The summed E-state index contributed by atoms with van der Waals surface area (Å²) < 4.78 is 0. The molecule has 4 rings (SSSR count). The van der Waals surface area contributed by atoms with Crippen LogP contribution in [0.3, 0.4) is 0 Å². The molecule has 2 fully saturated rings. The number of carbonyl (C=O) groups is 2. The van der Waals surface area contributed by atoms with Crippen molar-refractivity contribution in [2.45, 2.75) is 45.6 Å². The van der Waals surface area contributed by atoms with Crippen molar-refractivity contribution in [3.63, 3.8) is 0 Å². The summed E-state index contributed by atoms with van der Waals surface area (Å²) in [5.74, 6) is 0.601. The van der Waals surface area contributed by atoms with Crippen LogP contribution >= 0.6 is 0 Å². The number of anilines is 1. The minimum absolute atomic E-state index is 0.0699. The van der Waals surface area contributed by atoms with Crippen molar-refractivity contribution in [3.05, 3.63) is 65.2 Å². The first-order valence-corrected chi connectivity index (χ1v) is 12.7. The molecular formula is C28H38N4O2. The molecule has 2 aromatic carbocycles. The third-order valence-electron chi connectivity index (χ3n) is 7.09. The van der Waals surface area contributed by atoms with Gasteiger partial charge >= 0.3 is 0 Å². The second kappa shape index (κ2) is 12.1. The number of para-hydroxylation sites is 1. The SMILES string of the molecule is Cc1ccc(CNC(=O)c2ccccc2NC(=O)CN2CCN(CC3CCCCC3)CC2)cc1. The van der Waals surface area contributed by atoms with Crippen LogP contribution in [0, 0.1) is 12.8 Å². The third kappa shape index (κ3) is 7.15. The van der Waals surface area contributed by atoms with E-state index in [0.29, 0.717) is 24.3 Å². The Morgan fingerprint density at radius 2 is 1.56 bits per heavy atom. The van der Waals surface area contributed by atoms with Crippen molar-refractivity contribution in [1.82, 2.24) is 15.1 Å². The average Bonchev–Trinajstić information content (AvgIpc) is 2.86. The number of carbonyl (C=O) groups excluding carboxylic acids is 2. The zero-order chi connectivity index (χ0) is 23.8. The fourth-order valence-electron chi connectivity index (χ4n) is 5.03. The number of hydrogen-bond acceptors (Lipinski definition) is 4. The number of rotatable bonds is 8. The maximum absolute atomic E-state index is 12.8. The predicted octanol–water partition coefficient (Wildman–Crippen LogP) is 4.06. The zero-order valence-corrected chi connectivity index (χ0v) is 20.4. The quantitative estimate of drug-likeness (QED) is 0.621. The van der Waals surface area contributed by atoms with E-state index in [1.54, 1.807) is 12.1 Å². The van der Waals surface area contributed by atoms with Crippen LogP contribution in [-0.2, 0) is 11.3 Å². The number of aryl methyl sites for hydroxylation is 1. The van der Waals surface area contributed by atoms with Crippen LogP contribution < -0.4 is 10.6 Å². The maximum atomic E-state index is 12.8. The number of benzene rings is 2. The lowest BCUT2D eigenvalue weighted by molar-refractivity contribution is -0.117. The van der Waals surface area contributed by atoms with Gasteiger partial charge < -0.3 is 15.5 Å². The van der Waals surface area contributed by atoms with Gasteiger partial charge in [-0.25, -0.2) is 0 Å². The molecule has 0 unspecified atom stereocenters. The number of piperazine rings is 1. The molecule has 6 heteroatoms. The molecule has 1 saturated heterocycles. The summed E-state index contributed by atoms with van der Waals surface area (Å²) in [6.07, 6.45) is 6.92. The molecule has 2 amide bonds. The monoisotopic (exact) mass is 462 g/mol. The van der Waals surface area contributed by atoms with Crippen molar-refractivity contribution in [3.8, 4) is 0 Å². The minimum atomic E-state index is -0.187. The molecule has 0 aromatic heterocycles. The molecule has 6 nitrogen and oxygen atoms in total. The fourth-order valence-corrected chi connectivity index (χ4v) is 5.03. The molecule has 0 atom stereocenters. The second-order valence-corrected chi connectivity index (χ2v) is 9.84. The standard InChI is InChI=1S/C28H38N4O2/c1-22-11-13-23(14-12-22)19-29-28(34)25-9-5-6-10-26(25)30-27(33)21-32-17-15-31(16-18-32)20-24-7-3-2-4-8-24/h5-6,9-14,24H,2-4,7-8,15-21H2,1H3,(H,29,34)(H,30,33). The molecule has 182 valence electrons. The number of amides is 2.